The summed E-state index contributed by atoms with van der Waals surface area (Å²) in [5.74, 6) is -0.172. The van der Waals surface area contributed by atoms with Crippen LogP contribution >= 0.6 is 11.3 Å². The van der Waals surface area contributed by atoms with Gasteiger partial charge in [0.1, 0.15) is 4.88 Å². The predicted molar refractivity (Wildman–Crippen MR) is 122 cm³/mol. The second kappa shape index (κ2) is 10.8. The Morgan fingerprint density at radius 2 is 1.71 bits per heavy atom. The fourth-order valence-electron chi connectivity index (χ4n) is 4.72. The van der Waals surface area contributed by atoms with Crippen LogP contribution in [0.25, 0.3) is 10.4 Å². The summed E-state index contributed by atoms with van der Waals surface area (Å²) in [5, 5.41) is 13.3. The zero-order valence-electron chi connectivity index (χ0n) is 19.5. The van der Waals surface area contributed by atoms with Gasteiger partial charge in [0.05, 0.1) is 5.69 Å². The Bertz CT molecular complexity index is 894. The van der Waals surface area contributed by atoms with Crippen molar-refractivity contribution in [2.75, 3.05) is 18.0 Å². The van der Waals surface area contributed by atoms with Crippen LogP contribution in [-0.2, 0) is 4.79 Å². The third-order valence-electron chi connectivity index (χ3n) is 6.50. The molecule has 1 aromatic carbocycles. The average molecular weight is 435 g/mol. The summed E-state index contributed by atoms with van der Waals surface area (Å²) in [7, 11) is 0. The third kappa shape index (κ3) is 5.43. The Labute approximate surface area is 201 Å². The SMILES string of the molecule is CC1CCC(C(=O)N(c2cc(-c3ccccc3)sc2C(=O)O)C2CCNCC2)CC1.[H-].[Li+]. The molecular weight excluding hydrogens is 403 g/mol. The van der Waals surface area contributed by atoms with Gasteiger partial charge in [-0.1, -0.05) is 37.3 Å². The first-order valence-electron chi connectivity index (χ1n) is 11.0. The molecule has 7 heteroatoms. The molecule has 1 aromatic heterocycles. The molecule has 162 valence electrons. The Hall–Kier alpha value is -1.58. The number of benzene rings is 1. The van der Waals surface area contributed by atoms with E-state index in [1.54, 1.807) is 0 Å². The number of anilines is 1. The predicted octanol–water partition coefficient (Wildman–Crippen LogP) is 2.14. The van der Waals surface area contributed by atoms with Crippen LogP contribution in [0.1, 0.15) is 56.5 Å². The number of aromatic carboxylic acids is 1. The van der Waals surface area contributed by atoms with Gasteiger partial charge in [-0.2, -0.15) is 0 Å². The van der Waals surface area contributed by atoms with Crippen LogP contribution in [0.15, 0.2) is 36.4 Å². The van der Waals surface area contributed by atoms with Gasteiger partial charge in [0.25, 0.3) is 0 Å². The van der Waals surface area contributed by atoms with Gasteiger partial charge < -0.3 is 16.7 Å². The number of amides is 1. The number of carboxylic acid groups (broad SMARTS) is 1. The van der Waals surface area contributed by atoms with Crippen molar-refractivity contribution in [3.63, 3.8) is 0 Å². The molecule has 1 aliphatic heterocycles. The van der Waals surface area contributed by atoms with Crippen LogP contribution in [-0.4, -0.2) is 36.1 Å². The number of nitrogens with zero attached hydrogens (tertiary/aromatic N) is 1. The fourth-order valence-corrected chi connectivity index (χ4v) is 5.72. The third-order valence-corrected chi connectivity index (χ3v) is 7.66. The van der Waals surface area contributed by atoms with E-state index in [1.807, 2.05) is 41.3 Å². The maximum Gasteiger partial charge on any atom is 1.00 e. The summed E-state index contributed by atoms with van der Waals surface area (Å²) in [6.45, 7) is 3.96. The van der Waals surface area contributed by atoms with Crippen molar-refractivity contribution < 1.29 is 35.0 Å². The van der Waals surface area contributed by atoms with E-state index in [4.69, 9.17) is 0 Å². The van der Waals surface area contributed by atoms with Gasteiger partial charge in [-0.25, -0.2) is 4.79 Å². The molecule has 0 spiro atoms. The standard InChI is InChI=1S/C24H30N2O3S.Li.H/c1-16-7-9-18(10-8-16)23(27)26(19-11-13-25-14-12-19)20-15-21(30-22(20)24(28)29)17-5-3-2-4-6-17;;/h2-6,15-16,18-19,25H,7-14H2,1H3,(H,28,29);;/q;+1;-1. The van der Waals surface area contributed by atoms with E-state index in [9.17, 15) is 14.7 Å². The number of carbonyl (C=O) groups is 2. The Kier molecular flexibility index (Phi) is 8.41. The molecule has 0 bridgehead atoms. The molecular formula is C24H31LiN2O3S. The quantitative estimate of drug-likeness (QED) is 0.708. The number of nitrogens with one attached hydrogen (secondary N) is 1. The monoisotopic (exact) mass is 434 g/mol. The Morgan fingerprint density at radius 3 is 2.32 bits per heavy atom. The topological polar surface area (TPSA) is 69.6 Å². The van der Waals surface area contributed by atoms with E-state index in [-0.39, 0.29) is 43.0 Å². The van der Waals surface area contributed by atoms with Crippen molar-refractivity contribution in [1.29, 1.82) is 0 Å². The molecule has 31 heavy (non-hydrogen) atoms. The number of thiophene rings is 1. The van der Waals surface area contributed by atoms with Crippen LogP contribution in [0.2, 0.25) is 0 Å². The molecule has 1 saturated carbocycles. The van der Waals surface area contributed by atoms with E-state index in [0.29, 0.717) is 11.6 Å². The van der Waals surface area contributed by atoms with Gasteiger partial charge in [0, 0.05) is 16.8 Å². The average Bonchev–Trinajstić information content (AvgIpc) is 3.21. The van der Waals surface area contributed by atoms with Crippen molar-refractivity contribution in [1.82, 2.24) is 5.32 Å². The molecule has 1 aliphatic carbocycles. The fraction of sp³-hybridized carbons (Fsp3) is 0.500. The molecule has 1 amide bonds. The first kappa shape index (κ1) is 24.1. The molecule has 2 fully saturated rings. The molecule has 4 rings (SSSR count). The normalized spacial score (nSPS) is 21.8. The van der Waals surface area contributed by atoms with E-state index in [2.05, 4.69) is 12.2 Å². The van der Waals surface area contributed by atoms with Gasteiger partial charge in [0.2, 0.25) is 5.91 Å². The van der Waals surface area contributed by atoms with Crippen molar-refractivity contribution in [2.24, 2.45) is 11.8 Å². The first-order chi connectivity index (χ1) is 14.5. The zero-order valence-corrected chi connectivity index (χ0v) is 19.3. The smallest absolute Gasteiger partial charge is 1.00 e. The molecule has 5 nitrogen and oxygen atoms in total. The number of carbonyl (C=O) groups excluding carboxylic acids is 1. The molecule has 0 unspecified atom stereocenters. The summed E-state index contributed by atoms with van der Waals surface area (Å²) < 4.78 is 0. The summed E-state index contributed by atoms with van der Waals surface area (Å²) in [5.41, 5.74) is 1.57. The Balaban J connectivity index is 0.00000181. The van der Waals surface area contributed by atoms with Crippen LogP contribution in [0.5, 0.6) is 0 Å². The minimum atomic E-state index is -0.957. The number of carboxylic acids is 1. The van der Waals surface area contributed by atoms with Crippen LogP contribution in [0.3, 0.4) is 0 Å². The molecule has 2 aliphatic rings. The minimum Gasteiger partial charge on any atom is -1.00 e. The van der Waals surface area contributed by atoms with Gasteiger partial charge in [-0.3, -0.25) is 4.79 Å². The summed E-state index contributed by atoms with van der Waals surface area (Å²) in [6.07, 6.45) is 5.65. The first-order valence-corrected chi connectivity index (χ1v) is 11.8. The van der Waals surface area contributed by atoms with Crippen molar-refractivity contribution >= 4 is 28.9 Å². The molecule has 2 heterocycles. The molecule has 1 saturated heterocycles. The number of piperidine rings is 1. The van der Waals surface area contributed by atoms with Gasteiger partial charge in [0.15, 0.2) is 0 Å². The second-order valence-corrected chi connectivity index (χ2v) is 9.69. The molecule has 2 aromatic rings. The van der Waals surface area contributed by atoms with Gasteiger partial charge in [-0.15, -0.1) is 11.3 Å². The minimum absolute atomic E-state index is 0. The number of rotatable bonds is 5. The maximum atomic E-state index is 13.7. The molecule has 0 atom stereocenters. The summed E-state index contributed by atoms with van der Waals surface area (Å²) in [6, 6.07) is 11.8. The van der Waals surface area contributed by atoms with E-state index in [1.165, 1.54) is 11.3 Å². The second-order valence-electron chi connectivity index (χ2n) is 8.64. The number of hydrogen-bond donors (Lipinski definition) is 2. The zero-order chi connectivity index (χ0) is 21.1. The van der Waals surface area contributed by atoms with Gasteiger partial charge >= 0.3 is 24.8 Å². The van der Waals surface area contributed by atoms with E-state index in [0.717, 1.165) is 62.1 Å². The van der Waals surface area contributed by atoms with Crippen LogP contribution < -0.4 is 29.1 Å². The van der Waals surface area contributed by atoms with E-state index < -0.39 is 5.97 Å². The van der Waals surface area contributed by atoms with E-state index >= 15 is 0 Å². The van der Waals surface area contributed by atoms with Crippen molar-refractivity contribution in [2.45, 2.75) is 51.5 Å². The number of hydrogen-bond acceptors (Lipinski definition) is 4. The summed E-state index contributed by atoms with van der Waals surface area (Å²) in [4.78, 5) is 28.9. The maximum absolute atomic E-state index is 13.7. The van der Waals surface area contributed by atoms with Gasteiger partial charge in [-0.05, 0) is 69.2 Å². The molecule has 0 radical (unpaired) electrons. The van der Waals surface area contributed by atoms with Crippen LogP contribution in [0, 0.1) is 11.8 Å². The van der Waals surface area contributed by atoms with Crippen LogP contribution in [0.4, 0.5) is 5.69 Å². The summed E-state index contributed by atoms with van der Waals surface area (Å²) >= 11 is 1.27. The van der Waals surface area contributed by atoms with Crippen molar-refractivity contribution in [3.8, 4) is 10.4 Å². The molecule has 2 N–H and O–H groups in total. The largest absolute Gasteiger partial charge is 1.00 e. The Morgan fingerprint density at radius 1 is 1.06 bits per heavy atom. The van der Waals surface area contributed by atoms with Crippen molar-refractivity contribution in [3.05, 3.63) is 41.3 Å².